The van der Waals surface area contributed by atoms with Crippen LogP contribution in [-0.4, -0.2) is 17.2 Å². The van der Waals surface area contributed by atoms with Gasteiger partial charge in [-0.1, -0.05) is 6.42 Å². The number of nitrogens with zero attached hydrogens (tertiary/aromatic N) is 2. The van der Waals surface area contributed by atoms with Gasteiger partial charge in [0, 0.05) is 5.92 Å². The zero-order valence-corrected chi connectivity index (χ0v) is 9.94. The van der Waals surface area contributed by atoms with E-state index in [-0.39, 0.29) is 6.04 Å². The van der Waals surface area contributed by atoms with Crippen LogP contribution in [0.3, 0.4) is 0 Å². The molecule has 2 bridgehead atoms. The molecule has 4 atom stereocenters. The van der Waals surface area contributed by atoms with Gasteiger partial charge in [0.15, 0.2) is 0 Å². The first-order chi connectivity index (χ1) is 7.78. The van der Waals surface area contributed by atoms with Gasteiger partial charge in [0.05, 0.1) is 6.04 Å². The predicted molar refractivity (Wildman–Crippen MR) is 60.0 cm³/mol. The number of rotatable bonds is 3. The first kappa shape index (κ1) is 10.3. The average Bonchev–Trinajstić information content (AvgIpc) is 3.02. The summed E-state index contributed by atoms with van der Waals surface area (Å²) in [6, 6.07) is 0.153. The number of hydrogen-bond acceptors (Lipinski definition) is 4. The molecule has 2 aliphatic rings. The molecule has 0 saturated heterocycles. The quantitative estimate of drug-likeness (QED) is 0.850. The normalized spacial score (nSPS) is 34.5. The van der Waals surface area contributed by atoms with Crippen LogP contribution in [-0.2, 0) is 0 Å². The second-order valence-corrected chi connectivity index (χ2v) is 5.27. The average molecular weight is 221 g/mol. The first-order valence-corrected chi connectivity index (χ1v) is 6.28. The Hall–Kier alpha value is -0.900. The minimum absolute atomic E-state index is 0.153. The molecule has 0 radical (unpaired) electrons. The highest BCUT2D eigenvalue weighted by Gasteiger charge is 2.42. The van der Waals surface area contributed by atoms with Gasteiger partial charge in [-0.05, 0) is 45.1 Å². The third kappa shape index (κ3) is 1.56. The molecule has 4 unspecified atom stereocenters. The van der Waals surface area contributed by atoms with E-state index in [0.717, 1.165) is 23.6 Å². The van der Waals surface area contributed by atoms with Gasteiger partial charge in [0.25, 0.3) is 0 Å². The van der Waals surface area contributed by atoms with E-state index in [9.17, 15) is 0 Å². The van der Waals surface area contributed by atoms with E-state index >= 15 is 0 Å². The van der Waals surface area contributed by atoms with Crippen LogP contribution in [0.5, 0.6) is 0 Å². The van der Waals surface area contributed by atoms with Gasteiger partial charge >= 0.3 is 0 Å². The van der Waals surface area contributed by atoms with Crippen molar-refractivity contribution in [2.24, 2.45) is 11.8 Å². The fraction of sp³-hybridized carbons (Fsp3) is 0.833. The Balaban J connectivity index is 1.77. The summed E-state index contributed by atoms with van der Waals surface area (Å²) in [4.78, 5) is 0. The highest BCUT2D eigenvalue weighted by molar-refractivity contribution is 5.04. The predicted octanol–water partition coefficient (Wildman–Crippen LogP) is 2.25. The molecular formula is C12H19N3O. The summed E-state index contributed by atoms with van der Waals surface area (Å²) in [6.07, 6.45) is 5.41. The third-order valence-corrected chi connectivity index (χ3v) is 4.31. The Morgan fingerprint density at radius 2 is 2.19 bits per heavy atom. The molecule has 1 aromatic rings. The lowest BCUT2D eigenvalue weighted by Gasteiger charge is -2.17. The van der Waals surface area contributed by atoms with Crippen molar-refractivity contribution in [2.75, 3.05) is 7.05 Å². The molecular weight excluding hydrogens is 202 g/mol. The smallest absolute Gasteiger partial charge is 0.233 e. The molecule has 2 saturated carbocycles. The molecule has 4 heteroatoms. The number of fused-ring (bicyclic) bond motifs is 2. The summed E-state index contributed by atoms with van der Waals surface area (Å²) >= 11 is 0. The lowest BCUT2D eigenvalue weighted by Crippen LogP contribution is -2.12. The Bertz CT molecular complexity index is 376. The molecule has 0 amide bonds. The van der Waals surface area contributed by atoms with Crippen molar-refractivity contribution in [3.63, 3.8) is 0 Å². The monoisotopic (exact) mass is 221 g/mol. The van der Waals surface area contributed by atoms with Crippen LogP contribution < -0.4 is 5.32 Å². The molecule has 0 aromatic carbocycles. The van der Waals surface area contributed by atoms with E-state index in [0.29, 0.717) is 5.92 Å². The zero-order chi connectivity index (χ0) is 11.1. The van der Waals surface area contributed by atoms with Crippen LogP contribution in [0.25, 0.3) is 0 Å². The molecule has 2 aliphatic carbocycles. The third-order valence-electron chi connectivity index (χ3n) is 4.31. The molecule has 0 aliphatic heterocycles. The molecule has 88 valence electrons. The van der Waals surface area contributed by atoms with Gasteiger partial charge in [-0.25, -0.2) is 0 Å². The van der Waals surface area contributed by atoms with Gasteiger partial charge in [0.2, 0.25) is 11.8 Å². The summed E-state index contributed by atoms with van der Waals surface area (Å²) in [5.41, 5.74) is 0. The van der Waals surface area contributed by atoms with E-state index in [4.69, 9.17) is 4.42 Å². The van der Waals surface area contributed by atoms with Gasteiger partial charge in [-0.3, -0.25) is 0 Å². The minimum Gasteiger partial charge on any atom is -0.423 e. The second-order valence-electron chi connectivity index (χ2n) is 5.27. The number of nitrogens with one attached hydrogen (secondary N) is 1. The summed E-state index contributed by atoms with van der Waals surface area (Å²) < 4.78 is 5.79. The molecule has 1 heterocycles. The maximum Gasteiger partial charge on any atom is 0.233 e. The van der Waals surface area contributed by atoms with Crippen molar-refractivity contribution in [1.29, 1.82) is 0 Å². The van der Waals surface area contributed by atoms with Crippen LogP contribution in [0.15, 0.2) is 4.42 Å². The van der Waals surface area contributed by atoms with Crippen LogP contribution in [0.4, 0.5) is 0 Å². The van der Waals surface area contributed by atoms with Gasteiger partial charge in [-0.2, -0.15) is 0 Å². The van der Waals surface area contributed by atoms with E-state index in [2.05, 4.69) is 15.5 Å². The largest absolute Gasteiger partial charge is 0.423 e. The van der Waals surface area contributed by atoms with Crippen LogP contribution in [0, 0.1) is 11.8 Å². The summed E-state index contributed by atoms with van der Waals surface area (Å²) in [6.45, 7) is 2.04. The Morgan fingerprint density at radius 3 is 2.81 bits per heavy atom. The highest BCUT2D eigenvalue weighted by atomic mass is 16.4. The van der Waals surface area contributed by atoms with E-state index < -0.39 is 0 Å². The molecule has 1 N–H and O–H groups in total. The van der Waals surface area contributed by atoms with Crippen molar-refractivity contribution in [3.05, 3.63) is 11.8 Å². The standard InChI is InChI=1S/C12H19N3O/c1-7(13-2)11-14-15-12(16-11)10-6-8-3-4-9(10)5-8/h7-10,13H,3-6H2,1-2H3. The molecule has 1 aromatic heterocycles. The summed E-state index contributed by atoms with van der Waals surface area (Å²) in [5.74, 6) is 3.88. The number of hydrogen-bond donors (Lipinski definition) is 1. The molecule has 0 spiro atoms. The zero-order valence-electron chi connectivity index (χ0n) is 9.94. The summed E-state index contributed by atoms with van der Waals surface area (Å²) in [5, 5.41) is 11.5. The van der Waals surface area contributed by atoms with Crippen molar-refractivity contribution in [3.8, 4) is 0 Å². The van der Waals surface area contributed by atoms with E-state index in [1.54, 1.807) is 0 Å². The van der Waals surface area contributed by atoms with Gasteiger partial charge < -0.3 is 9.73 Å². The second kappa shape index (κ2) is 3.84. The van der Waals surface area contributed by atoms with E-state index in [1.165, 1.54) is 25.7 Å². The van der Waals surface area contributed by atoms with Gasteiger partial charge in [-0.15, -0.1) is 10.2 Å². The van der Waals surface area contributed by atoms with Crippen molar-refractivity contribution >= 4 is 0 Å². The molecule has 4 nitrogen and oxygen atoms in total. The lowest BCUT2D eigenvalue weighted by atomic mass is 9.89. The maximum atomic E-state index is 5.79. The van der Waals surface area contributed by atoms with Crippen molar-refractivity contribution in [1.82, 2.24) is 15.5 Å². The molecule has 2 fully saturated rings. The Labute approximate surface area is 95.8 Å². The first-order valence-electron chi connectivity index (χ1n) is 6.28. The van der Waals surface area contributed by atoms with Gasteiger partial charge in [0.1, 0.15) is 0 Å². The van der Waals surface area contributed by atoms with Crippen LogP contribution in [0.2, 0.25) is 0 Å². The Kier molecular flexibility index (Phi) is 2.46. The van der Waals surface area contributed by atoms with E-state index in [1.807, 2.05) is 14.0 Å². The molecule has 16 heavy (non-hydrogen) atoms. The summed E-state index contributed by atoms with van der Waals surface area (Å²) in [7, 11) is 1.91. The maximum absolute atomic E-state index is 5.79. The minimum atomic E-state index is 0.153. The molecule has 3 rings (SSSR count). The van der Waals surface area contributed by atoms with Crippen LogP contribution in [0.1, 0.15) is 56.3 Å². The SMILES string of the molecule is CNC(C)c1nnc(C2CC3CCC2C3)o1. The topological polar surface area (TPSA) is 51.0 Å². The Morgan fingerprint density at radius 1 is 1.31 bits per heavy atom. The fourth-order valence-electron chi connectivity index (χ4n) is 3.24. The van der Waals surface area contributed by atoms with Crippen molar-refractivity contribution in [2.45, 2.75) is 44.6 Å². The lowest BCUT2D eigenvalue weighted by molar-refractivity contribution is 0.324. The highest BCUT2D eigenvalue weighted by Crippen LogP contribution is 2.52. The van der Waals surface area contributed by atoms with Crippen molar-refractivity contribution < 1.29 is 4.42 Å². The fourth-order valence-corrected chi connectivity index (χ4v) is 3.24. The number of aromatic nitrogens is 2. The van der Waals surface area contributed by atoms with Crippen LogP contribution >= 0.6 is 0 Å².